The van der Waals surface area contributed by atoms with Crippen molar-refractivity contribution in [2.75, 3.05) is 18.4 Å². The molecule has 1 aliphatic carbocycles. The van der Waals surface area contributed by atoms with Crippen molar-refractivity contribution in [3.63, 3.8) is 0 Å². The Kier molecular flexibility index (Phi) is 3.28. The third-order valence-corrected chi connectivity index (χ3v) is 4.26. The van der Waals surface area contributed by atoms with Crippen molar-refractivity contribution in [1.29, 1.82) is 0 Å². The number of nitrogens with zero attached hydrogens (tertiary/aromatic N) is 1. The maximum Gasteiger partial charge on any atom is 0.147 e. The smallest absolute Gasteiger partial charge is 0.147 e. The van der Waals surface area contributed by atoms with Gasteiger partial charge in [0.2, 0.25) is 0 Å². The molecule has 1 heterocycles. The van der Waals surface area contributed by atoms with Crippen molar-refractivity contribution in [1.82, 2.24) is 4.90 Å². The number of rotatable bonds is 3. The number of anilines is 1. The molecule has 2 aliphatic rings. The molecular weight excluding hydrogens is 302 g/mol. The molecule has 1 saturated heterocycles. The van der Waals surface area contributed by atoms with Crippen molar-refractivity contribution < 1.29 is 8.78 Å². The average Bonchev–Trinajstić information content (AvgIpc) is 3.07. The van der Waals surface area contributed by atoms with Crippen LogP contribution in [0, 0.1) is 11.6 Å². The zero-order valence-corrected chi connectivity index (χ0v) is 11.5. The third-order valence-electron chi connectivity index (χ3n) is 3.65. The normalized spacial score (nSPS) is 24.5. The molecule has 98 valence electrons. The molecule has 1 aliphatic heterocycles. The first-order chi connectivity index (χ1) is 8.63. The van der Waals surface area contributed by atoms with E-state index in [-0.39, 0.29) is 16.2 Å². The Morgan fingerprint density at radius 3 is 2.67 bits per heavy atom. The molecule has 1 aromatic carbocycles. The first-order valence-corrected chi connectivity index (χ1v) is 7.08. The lowest BCUT2D eigenvalue weighted by Gasteiger charge is -2.17. The summed E-state index contributed by atoms with van der Waals surface area (Å²) in [5, 5.41) is 3.11. The van der Waals surface area contributed by atoms with Gasteiger partial charge in [-0.25, -0.2) is 8.78 Å². The lowest BCUT2D eigenvalue weighted by Crippen LogP contribution is -2.28. The highest BCUT2D eigenvalue weighted by Crippen LogP contribution is 2.31. The predicted molar refractivity (Wildman–Crippen MR) is 70.7 cm³/mol. The van der Waals surface area contributed by atoms with Crippen molar-refractivity contribution >= 4 is 21.6 Å². The fourth-order valence-corrected chi connectivity index (χ4v) is 2.84. The highest BCUT2D eigenvalue weighted by Gasteiger charge is 2.34. The van der Waals surface area contributed by atoms with Crippen molar-refractivity contribution in [2.45, 2.75) is 31.3 Å². The summed E-state index contributed by atoms with van der Waals surface area (Å²) in [6, 6.07) is 3.36. The number of likely N-dealkylation sites (tertiary alicyclic amines) is 1. The largest absolute Gasteiger partial charge is 0.379 e. The van der Waals surface area contributed by atoms with Crippen molar-refractivity contribution in [3.05, 3.63) is 28.2 Å². The maximum absolute atomic E-state index is 13.7. The van der Waals surface area contributed by atoms with E-state index in [9.17, 15) is 8.78 Å². The van der Waals surface area contributed by atoms with Crippen LogP contribution >= 0.6 is 15.9 Å². The zero-order valence-electron chi connectivity index (χ0n) is 9.93. The summed E-state index contributed by atoms with van der Waals surface area (Å²) in [5.74, 6) is -0.843. The summed E-state index contributed by atoms with van der Waals surface area (Å²) in [6.45, 7) is 1.99. The fraction of sp³-hybridized carbons (Fsp3) is 0.538. The van der Waals surface area contributed by atoms with Crippen LogP contribution in [-0.4, -0.2) is 30.1 Å². The third kappa shape index (κ3) is 2.52. The second-order valence-corrected chi connectivity index (χ2v) is 5.96. The van der Waals surface area contributed by atoms with E-state index in [2.05, 4.69) is 26.1 Å². The fourth-order valence-electron chi connectivity index (χ4n) is 2.53. The Morgan fingerprint density at radius 1 is 1.17 bits per heavy atom. The van der Waals surface area contributed by atoms with Gasteiger partial charge in [0.25, 0.3) is 0 Å². The van der Waals surface area contributed by atoms with Gasteiger partial charge in [0, 0.05) is 31.2 Å². The van der Waals surface area contributed by atoms with Gasteiger partial charge in [0.15, 0.2) is 0 Å². The van der Waals surface area contributed by atoms with Gasteiger partial charge in [-0.15, -0.1) is 0 Å². The lowest BCUT2D eigenvalue weighted by molar-refractivity contribution is 0.326. The molecule has 1 atom stereocenters. The first-order valence-electron chi connectivity index (χ1n) is 6.28. The first kappa shape index (κ1) is 12.4. The molecule has 1 unspecified atom stereocenters. The van der Waals surface area contributed by atoms with E-state index in [0.29, 0.717) is 0 Å². The molecule has 5 heteroatoms. The minimum atomic E-state index is -0.434. The van der Waals surface area contributed by atoms with E-state index >= 15 is 0 Å². The van der Waals surface area contributed by atoms with Crippen LogP contribution in [0.2, 0.25) is 0 Å². The van der Waals surface area contributed by atoms with E-state index in [1.54, 1.807) is 0 Å². The van der Waals surface area contributed by atoms with Crippen molar-refractivity contribution in [3.8, 4) is 0 Å². The monoisotopic (exact) mass is 316 g/mol. The standard InChI is InChI=1S/C13H15BrF2N2/c14-10-5-12(16)13(6-11(10)15)17-8-3-4-18(7-8)9-1-2-9/h5-6,8-9,17H,1-4,7H2. The Balaban J connectivity index is 1.67. The number of hydrogen-bond acceptors (Lipinski definition) is 2. The number of hydrogen-bond donors (Lipinski definition) is 1. The van der Waals surface area contributed by atoms with E-state index in [1.807, 2.05) is 0 Å². The quantitative estimate of drug-likeness (QED) is 0.860. The maximum atomic E-state index is 13.7. The minimum Gasteiger partial charge on any atom is -0.379 e. The summed E-state index contributed by atoms with van der Waals surface area (Å²) < 4.78 is 27.2. The summed E-state index contributed by atoms with van der Waals surface area (Å²) >= 11 is 2.98. The number of halogens is 3. The van der Waals surface area contributed by atoms with Crippen LogP contribution in [0.4, 0.5) is 14.5 Å². The van der Waals surface area contributed by atoms with Gasteiger partial charge in [-0.05, 0) is 41.3 Å². The summed E-state index contributed by atoms with van der Waals surface area (Å²) in [5.41, 5.74) is 0.262. The second kappa shape index (κ2) is 4.78. The number of benzene rings is 1. The molecule has 1 aromatic rings. The molecule has 0 bridgehead atoms. The Bertz CT molecular complexity index is 463. The Labute approximate surface area is 113 Å². The van der Waals surface area contributed by atoms with Crippen LogP contribution in [0.15, 0.2) is 16.6 Å². The van der Waals surface area contributed by atoms with Crippen molar-refractivity contribution in [2.24, 2.45) is 0 Å². The lowest BCUT2D eigenvalue weighted by atomic mass is 10.2. The zero-order chi connectivity index (χ0) is 12.7. The molecular formula is C13H15BrF2N2. The minimum absolute atomic E-state index is 0.163. The van der Waals surface area contributed by atoms with Crippen LogP contribution in [0.3, 0.4) is 0 Å². The van der Waals surface area contributed by atoms with Crippen LogP contribution in [0.25, 0.3) is 0 Å². The van der Waals surface area contributed by atoms with E-state index in [1.165, 1.54) is 25.0 Å². The van der Waals surface area contributed by atoms with E-state index < -0.39 is 11.6 Å². The van der Waals surface area contributed by atoms with Gasteiger partial charge in [-0.1, -0.05) is 0 Å². The van der Waals surface area contributed by atoms with Gasteiger partial charge in [0.1, 0.15) is 11.6 Å². The van der Waals surface area contributed by atoms with Gasteiger partial charge < -0.3 is 5.32 Å². The van der Waals surface area contributed by atoms with E-state index in [0.717, 1.165) is 25.6 Å². The van der Waals surface area contributed by atoms with Gasteiger partial charge in [-0.2, -0.15) is 0 Å². The van der Waals surface area contributed by atoms with Crippen LogP contribution in [-0.2, 0) is 0 Å². The highest BCUT2D eigenvalue weighted by molar-refractivity contribution is 9.10. The predicted octanol–water partition coefficient (Wildman–Crippen LogP) is 3.38. The second-order valence-electron chi connectivity index (χ2n) is 5.10. The highest BCUT2D eigenvalue weighted by atomic mass is 79.9. The molecule has 1 N–H and O–H groups in total. The molecule has 3 rings (SSSR count). The molecule has 2 nitrogen and oxygen atoms in total. The molecule has 2 fully saturated rings. The molecule has 1 saturated carbocycles. The molecule has 0 radical (unpaired) electrons. The SMILES string of the molecule is Fc1cc(NC2CCN(C3CC3)C2)c(F)cc1Br. The summed E-state index contributed by atoms with van der Waals surface area (Å²) in [6.07, 6.45) is 3.57. The van der Waals surface area contributed by atoms with Gasteiger partial charge in [0.05, 0.1) is 10.2 Å². The Hall–Kier alpha value is -0.680. The summed E-state index contributed by atoms with van der Waals surface area (Å²) in [7, 11) is 0. The van der Waals surface area contributed by atoms with Crippen LogP contribution in [0.5, 0.6) is 0 Å². The molecule has 0 amide bonds. The molecule has 0 spiro atoms. The molecule has 18 heavy (non-hydrogen) atoms. The Morgan fingerprint density at radius 2 is 1.94 bits per heavy atom. The van der Waals surface area contributed by atoms with Crippen LogP contribution < -0.4 is 5.32 Å². The summed E-state index contributed by atoms with van der Waals surface area (Å²) in [4.78, 5) is 2.44. The topological polar surface area (TPSA) is 15.3 Å². The van der Waals surface area contributed by atoms with Gasteiger partial charge in [-0.3, -0.25) is 4.90 Å². The van der Waals surface area contributed by atoms with Crippen LogP contribution in [0.1, 0.15) is 19.3 Å². The average molecular weight is 317 g/mol. The van der Waals surface area contributed by atoms with E-state index in [4.69, 9.17) is 0 Å². The molecule has 0 aromatic heterocycles. The number of nitrogens with one attached hydrogen (secondary N) is 1. The van der Waals surface area contributed by atoms with Gasteiger partial charge >= 0.3 is 0 Å².